The molecule has 1 aliphatic heterocycles. The van der Waals surface area contributed by atoms with E-state index in [-0.39, 0.29) is 18.4 Å². The number of nitrogens with zero attached hydrogens (tertiary/aromatic N) is 1. The molecular formula is C21H26N2O5S. The van der Waals surface area contributed by atoms with E-state index in [2.05, 4.69) is 5.32 Å². The topological polar surface area (TPSA) is 84.9 Å². The molecule has 1 atom stereocenters. The molecule has 0 spiro atoms. The number of carbonyl (C=O) groups excluding carboxylic acids is 1. The summed E-state index contributed by atoms with van der Waals surface area (Å²) in [4.78, 5) is 12.5. The Bertz CT molecular complexity index is 927. The van der Waals surface area contributed by atoms with E-state index in [0.717, 1.165) is 5.75 Å². The van der Waals surface area contributed by atoms with Crippen molar-refractivity contribution >= 4 is 21.6 Å². The number of piperidine rings is 1. The highest BCUT2D eigenvalue weighted by atomic mass is 32.2. The molecule has 1 unspecified atom stereocenters. The number of amides is 1. The monoisotopic (exact) mass is 418 g/mol. The van der Waals surface area contributed by atoms with Crippen molar-refractivity contribution in [2.45, 2.75) is 19.8 Å². The highest BCUT2D eigenvalue weighted by Crippen LogP contribution is 2.26. The normalized spacial score (nSPS) is 17.5. The first-order valence-electron chi connectivity index (χ1n) is 9.62. The average Bonchev–Trinajstić information content (AvgIpc) is 2.70. The van der Waals surface area contributed by atoms with Gasteiger partial charge in [0.05, 0.1) is 18.8 Å². The van der Waals surface area contributed by atoms with Gasteiger partial charge in [-0.25, -0.2) is 12.7 Å². The highest BCUT2D eigenvalue weighted by molar-refractivity contribution is 7.88. The smallest absolute Gasteiger partial charge is 0.228 e. The number of carbonyl (C=O) groups is 1. The summed E-state index contributed by atoms with van der Waals surface area (Å²) in [6.45, 7) is 3.24. The fourth-order valence-electron chi connectivity index (χ4n) is 3.21. The second kappa shape index (κ2) is 9.28. The quantitative estimate of drug-likeness (QED) is 0.744. The number of nitrogens with one attached hydrogen (secondary N) is 1. The number of anilines is 1. The fourth-order valence-corrected chi connectivity index (χ4v) is 4.13. The number of hydrogen-bond acceptors (Lipinski definition) is 5. The maximum Gasteiger partial charge on any atom is 0.228 e. The van der Waals surface area contributed by atoms with Crippen LogP contribution in [0.5, 0.6) is 17.2 Å². The van der Waals surface area contributed by atoms with Crippen molar-refractivity contribution in [3.63, 3.8) is 0 Å². The van der Waals surface area contributed by atoms with Crippen molar-refractivity contribution in [3.8, 4) is 17.2 Å². The molecule has 2 aromatic carbocycles. The predicted molar refractivity (Wildman–Crippen MR) is 112 cm³/mol. The van der Waals surface area contributed by atoms with Crippen LogP contribution in [0.2, 0.25) is 0 Å². The Morgan fingerprint density at radius 2 is 1.66 bits per heavy atom. The number of sulfonamides is 1. The molecule has 0 saturated carbocycles. The Morgan fingerprint density at radius 1 is 1.07 bits per heavy atom. The van der Waals surface area contributed by atoms with Crippen LogP contribution in [0, 0.1) is 5.92 Å². The van der Waals surface area contributed by atoms with Gasteiger partial charge < -0.3 is 14.8 Å². The van der Waals surface area contributed by atoms with Gasteiger partial charge in [0.1, 0.15) is 17.2 Å². The summed E-state index contributed by atoms with van der Waals surface area (Å²) in [5, 5.41) is 2.86. The summed E-state index contributed by atoms with van der Waals surface area (Å²) in [5.41, 5.74) is 0.644. The lowest BCUT2D eigenvalue weighted by molar-refractivity contribution is -0.120. The van der Waals surface area contributed by atoms with Crippen LogP contribution in [0.15, 0.2) is 48.5 Å². The van der Waals surface area contributed by atoms with Crippen LogP contribution in [0.3, 0.4) is 0 Å². The van der Waals surface area contributed by atoms with Crippen LogP contribution in [0.1, 0.15) is 19.8 Å². The lowest BCUT2D eigenvalue weighted by Gasteiger charge is -2.30. The molecule has 156 valence electrons. The van der Waals surface area contributed by atoms with Gasteiger partial charge in [0.2, 0.25) is 15.9 Å². The average molecular weight is 419 g/mol. The van der Waals surface area contributed by atoms with Gasteiger partial charge in [0.15, 0.2) is 0 Å². The standard InChI is InChI=1S/C21H26N2O5S/c1-3-27-18-10-12-20(13-11-18)28-19-8-6-17(7-9-19)22-21(24)16-5-4-14-23(15-16)29(2,25)26/h6-13,16H,3-5,14-15H2,1-2H3,(H,22,24). The predicted octanol–water partition coefficient (Wildman–Crippen LogP) is 3.49. The summed E-state index contributed by atoms with van der Waals surface area (Å²) in [7, 11) is -3.28. The number of benzene rings is 2. The van der Waals surface area contributed by atoms with Crippen molar-refractivity contribution in [3.05, 3.63) is 48.5 Å². The van der Waals surface area contributed by atoms with Crippen LogP contribution in [-0.4, -0.2) is 44.6 Å². The summed E-state index contributed by atoms with van der Waals surface area (Å²) < 4.78 is 36.0. The Balaban J connectivity index is 1.56. The Labute approximate surface area is 171 Å². The molecule has 8 heteroatoms. The number of hydrogen-bond donors (Lipinski definition) is 1. The van der Waals surface area contributed by atoms with E-state index in [4.69, 9.17) is 9.47 Å². The van der Waals surface area contributed by atoms with E-state index in [0.29, 0.717) is 43.2 Å². The molecule has 1 aliphatic rings. The van der Waals surface area contributed by atoms with E-state index in [9.17, 15) is 13.2 Å². The second-order valence-corrected chi connectivity index (χ2v) is 8.96. The van der Waals surface area contributed by atoms with Gasteiger partial charge in [0, 0.05) is 18.8 Å². The van der Waals surface area contributed by atoms with Gasteiger partial charge in [-0.1, -0.05) is 0 Å². The lowest BCUT2D eigenvalue weighted by atomic mass is 9.99. The van der Waals surface area contributed by atoms with Crippen molar-refractivity contribution in [2.24, 2.45) is 5.92 Å². The van der Waals surface area contributed by atoms with Crippen molar-refractivity contribution in [2.75, 3.05) is 31.3 Å². The molecule has 3 rings (SSSR count). The maximum absolute atomic E-state index is 12.5. The van der Waals surface area contributed by atoms with E-state index in [1.165, 1.54) is 10.6 Å². The molecule has 0 bridgehead atoms. The first kappa shape index (κ1) is 21.1. The van der Waals surface area contributed by atoms with E-state index in [1.807, 2.05) is 31.2 Å². The molecule has 0 aromatic heterocycles. The third kappa shape index (κ3) is 5.95. The summed E-state index contributed by atoms with van der Waals surface area (Å²) in [6, 6.07) is 14.4. The van der Waals surface area contributed by atoms with E-state index >= 15 is 0 Å². The summed E-state index contributed by atoms with van der Waals surface area (Å²) >= 11 is 0. The van der Waals surface area contributed by atoms with Gasteiger partial charge in [0.25, 0.3) is 0 Å². The van der Waals surface area contributed by atoms with Crippen molar-refractivity contribution < 1.29 is 22.7 Å². The summed E-state index contributed by atoms with van der Waals surface area (Å²) in [6.07, 6.45) is 2.53. The molecule has 7 nitrogen and oxygen atoms in total. The zero-order valence-electron chi connectivity index (χ0n) is 16.6. The Kier molecular flexibility index (Phi) is 6.76. The van der Waals surface area contributed by atoms with Gasteiger partial charge in [-0.3, -0.25) is 4.79 Å². The van der Waals surface area contributed by atoms with Gasteiger partial charge in [-0.2, -0.15) is 0 Å². The molecule has 0 radical (unpaired) electrons. The third-order valence-electron chi connectivity index (χ3n) is 4.72. The molecule has 1 N–H and O–H groups in total. The van der Waals surface area contributed by atoms with Crippen molar-refractivity contribution in [1.82, 2.24) is 4.31 Å². The molecule has 1 amide bonds. The van der Waals surface area contributed by atoms with Crippen LogP contribution in [-0.2, 0) is 14.8 Å². The van der Waals surface area contributed by atoms with Gasteiger partial charge in [-0.05, 0) is 68.3 Å². The molecule has 1 saturated heterocycles. The van der Waals surface area contributed by atoms with E-state index < -0.39 is 10.0 Å². The SMILES string of the molecule is CCOc1ccc(Oc2ccc(NC(=O)C3CCCN(S(C)(=O)=O)C3)cc2)cc1. The number of rotatable bonds is 7. The minimum absolute atomic E-state index is 0.168. The van der Waals surface area contributed by atoms with Crippen LogP contribution < -0.4 is 14.8 Å². The van der Waals surface area contributed by atoms with Crippen LogP contribution >= 0.6 is 0 Å². The zero-order valence-corrected chi connectivity index (χ0v) is 17.4. The summed E-state index contributed by atoms with van der Waals surface area (Å²) in [5.74, 6) is 1.60. The van der Waals surface area contributed by atoms with Gasteiger partial charge in [-0.15, -0.1) is 0 Å². The fraction of sp³-hybridized carbons (Fsp3) is 0.381. The Hall–Kier alpha value is -2.58. The first-order valence-corrected chi connectivity index (χ1v) is 11.5. The zero-order chi connectivity index (χ0) is 20.9. The molecule has 2 aromatic rings. The number of ether oxygens (including phenoxy) is 2. The lowest BCUT2D eigenvalue weighted by Crippen LogP contribution is -2.43. The van der Waals surface area contributed by atoms with Gasteiger partial charge >= 0.3 is 0 Å². The molecule has 29 heavy (non-hydrogen) atoms. The molecule has 1 fully saturated rings. The second-order valence-electron chi connectivity index (χ2n) is 6.98. The third-order valence-corrected chi connectivity index (χ3v) is 5.99. The molecule has 1 heterocycles. The largest absolute Gasteiger partial charge is 0.494 e. The Morgan fingerprint density at radius 3 is 2.24 bits per heavy atom. The minimum Gasteiger partial charge on any atom is -0.494 e. The van der Waals surface area contributed by atoms with Crippen LogP contribution in [0.4, 0.5) is 5.69 Å². The first-order chi connectivity index (χ1) is 13.8. The van der Waals surface area contributed by atoms with E-state index in [1.54, 1.807) is 24.3 Å². The van der Waals surface area contributed by atoms with Crippen LogP contribution in [0.25, 0.3) is 0 Å². The highest BCUT2D eigenvalue weighted by Gasteiger charge is 2.30. The molecule has 0 aliphatic carbocycles. The minimum atomic E-state index is -3.28. The van der Waals surface area contributed by atoms with Crippen molar-refractivity contribution in [1.29, 1.82) is 0 Å². The molecular weight excluding hydrogens is 392 g/mol. The maximum atomic E-state index is 12.5.